The van der Waals surface area contributed by atoms with Crippen LogP contribution in [0.4, 0.5) is 17.1 Å². The molecule has 1 aliphatic rings. The first kappa shape index (κ1) is 27.0. The van der Waals surface area contributed by atoms with Crippen molar-refractivity contribution in [2.24, 2.45) is 0 Å². The largest absolute Gasteiger partial charge is 0.309 e. The molecule has 0 aliphatic carbocycles. The highest BCUT2D eigenvalue weighted by molar-refractivity contribution is 7.09. The summed E-state index contributed by atoms with van der Waals surface area (Å²) >= 11 is 1.47. The van der Waals surface area contributed by atoms with Gasteiger partial charge < -0.3 is 4.90 Å². The molecule has 0 spiro atoms. The van der Waals surface area contributed by atoms with Crippen LogP contribution >= 0.6 is 11.5 Å². The normalized spacial score (nSPS) is 13.7. The molecule has 8 aromatic rings. The lowest BCUT2D eigenvalue weighted by molar-refractivity contribution is 0.632. The molecule has 0 fully saturated rings. The quantitative estimate of drug-likeness (QED) is 0.187. The number of aromatic nitrogens is 2. The van der Waals surface area contributed by atoms with Gasteiger partial charge in [0.1, 0.15) is 5.01 Å². The Balaban J connectivity index is 1.25. The predicted octanol–water partition coefficient (Wildman–Crippen LogP) is 11.7. The van der Waals surface area contributed by atoms with Crippen LogP contribution < -0.4 is 4.90 Å². The number of para-hydroxylation sites is 1. The topological polar surface area (TPSA) is 29.0 Å². The maximum Gasteiger partial charge on any atom is 0.174 e. The lowest BCUT2D eigenvalue weighted by Gasteiger charge is -2.42. The third-order valence-electron chi connectivity index (χ3n) is 9.65. The molecule has 0 N–H and O–H groups in total. The smallest absolute Gasteiger partial charge is 0.174 e. The van der Waals surface area contributed by atoms with E-state index in [1.54, 1.807) is 0 Å². The summed E-state index contributed by atoms with van der Waals surface area (Å²) in [6.07, 6.45) is 0. The number of aryl methyl sites for hydroxylation is 1. The maximum absolute atomic E-state index is 5.24. The molecule has 4 heteroatoms. The molecule has 0 saturated carbocycles. The van der Waals surface area contributed by atoms with Crippen LogP contribution in [0.25, 0.3) is 54.3 Å². The van der Waals surface area contributed by atoms with Crippen LogP contribution in [0.15, 0.2) is 133 Å². The zero-order valence-corrected chi connectivity index (χ0v) is 26.8. The minimum absolute atomic E-state index is 0.169. The van der Waals surface area contributed by atoms with Gasteiger partial charge in [0.15, 0.2) is 5.82 Å². The van der Waals surface area contributed by atoms with E-state index in [1.165, 1.54) is 77.6 Å². The van der Waals surface area contributed by atoms with Crippen LogP contribution in [0.2, 0.25) is 0 Å². The molecular weight excluding hydrogens is 579 g/mol. The van der Waals surface area contributed by atoms with Crippen LogP contribution in [0.3, 0.4) is 0 Å². The Morgan fingerprint density at radius 2 is 1.26 bits per heavy atom. The molecule has 1 aliphatic heterocycles. The summed E-state index contributed by atoms with van der Waals surface area (Å²) in [5.41, 5.74) is 9.43. The predicted molar refractivity (Wildman–Crippen MR) is 195 cm³/mol. The van der Waals surface area contributed by atoms with Crippen molar-refractivity contribution in [2.45, 2.75) is 26.2 Å². The van der Waals surface area contributed by atoms with Gasteiger partial charge in [-0.15, -0.1) is 0 Å². The number of fused-ring (bicyclic) bond motifs is 5. The zero-order chi connectivity index (χ0) is 31.0. The van der Waals surface area contributed by atoms with Crippen LogP contribution in [-0.2, 0) is 5.41 Å². The van der Waals surface area contributed by atoms with Crippen molar-refractivity contribution in [1.29, 1.82) is 0 Å². The Hall–Kier alpha value is -5.32. The van der Waals surface area contributed by atoms with Crippen molar-refractivity contribution in [3.05, 3.63) is 150 Å². The Labute approximate surface area is 272 Å². The highest BCUT2D eigenvalue weighted by Gasteiger charge is 2.37. The van der Waals surface area contributed by atoms with Crippen molar-refractivity contribution in [2.75, 3.05) is 4.90 Å². The highest BCUT2D eigenvalue weighted by atomic mass is 32.1. The van der Waals surface area contributed by atoms with Gasteiger partial charge in [0.05, 0.1) is 17.1 Å². The summed E-state index contributed by atoms with van der Waals surface area (Å²) in [7, 11) is 0. The molecule has 9 rings (SSSR count). The lowest BCUT2D eigenvalue weighted by Crippen LogP contribution is -2.30. The number of rotatable bonds is 3. The molecule has 0 saturated heterocycles. The van der Waals surface area contributed by atoms with Crippen LogP contribution in [0.5, 0.6) is 0 Å². The van der Waals surface area contributed by atoms with E-state index < -0.39 is 0 Å². The van der Waals surface area contributed by atoms with E-state index in [1.807, 2.05) is 0 Å². The van der Waals surface area contributed by atoms with Crippen molar-refractivity contribution >= 4 is 60.9 Å². The van der Waals surface area contributed by atoms with Crippen molar-refractivity contribution < 1.29 is 0 Å². The average molecular weight is 610 g/mol. The van der Waals surface area contributed by atoms with Gasteiger partial charge in [0.25, 0.3) is 0 Å². The molecule has 0 atom stereocenters. The maximum atomic E-state index is 5.24. The zero-order valence-electron chi connectivity index (χ0n) is 26.0. The fourth-order valence-corrected chi connectivity index (χ4v) is 8.05. The molecule has 3 nitrogen and oxygen atoms in total. The second kappa shape index (κ2) is 10.1. The summed E-state index contributed by atoms with van der Waals surface area (Å²) in [4.78, 5) is 7.69. The first-order chi connectivity index (χ1) is 22.5. The van der Waals surface area contributed by atoms with Crippen molar-refractivity contribution in [1.82, 2.24) is 9.36 Å². The van der Waals surface area contributed by atoms with Gasteiger partial charge in [0, 0.05) is 21.9 Å². The van der Waals surface area contributed by atoms with E-state index in [9.17, 15) is 0 Å². The standard InChI is InChI=1S/C42H31N3S/c1-26-19-21-33-30(23-26)24-28-12-5-7-15-32(28)39(33)40-43-41(46-44-40)29-20-22-35-38(25-29)45(37-17-9-8-16-34(37)42(35,2)3)36-18-10-13-27-11-4-6-14-31(27)36/h4-25H,1-3H3. The minimum atomic E-state index is -0.169. The molecule has 0 bridgehead atoms. The second-order valence-corrected chi connectivity index (χ2v) is 13.6. The molecule has 220 valence electrons. The fourth-order valence-electron chi connectivity index (χ4n) is 7.39. The van der Waals surface area contributed by atoms with Crippen LogP contribution in [-0.4, -0.2) is 9.36 Å². The average Bonchev–Trinajstić information content (AvgIpc) is 3.57. The molecule has 0 unspecified atom stereocenters. The van der Waals surface area contributed by atoms with Gasteiger partial charge in [0.2, 0.25) is 0 Å². The van der Waals surface area contributed by atoms with E-state index in [4.69, 9.17) is 9.36 Å². The molecule has 46 heavy (non-hydrogen) atoms. The van der Waals surface area contributed by atoms with Gasteiger partial charge in [-0.05, 0) is 80.8 Å². The lowest BCUT2D eigenvalue weighted by atomic mass is 9.73. The molecule has 1 aromatic heterocycles. The van der Waals surface area contributed by atoms with Gasteiger partial charge in [-0.1, -0.05) is 129 Å². The third-order valence-corrected chi connectivity index (χ3v) is 10.4. The molecule has 0 amide bonds. The summed E-state index contributed by atoms with van der Waals surface area (Å²) in [5.74, 6) is 0.778. The minimum Gasteiger partial charge on any atom is -0.309 e. The van der Waals surface area contributed by atoms with E-state index in [2.05, 4.69) is 159 Å². The van der Waals surface area contributed by atoms with Crippen molar-refractivity contribution in [3.8, 4) is 22.0 Å². The number of benzene rings is 7. The van der Waals surface area contributed by atoms with Crippen molar-refractivity contribution in [3.63, 3.8) is 0 Å². The van der Waals surface area contributed by atoms with E-state index in [-0.39, 0.29) is 5.41 Å². The Kier molecular flexibility index (Phi) is 5.93. The third kappa shape index (κ3) is 4.03. The number of hydrogen-bond donors (Lipinski definition) is 0. The van der Waals surface area contributed by atoms with Gasteiger partial charge in [-0.3, -0.25) is 0 Å². The monoisotopic (exact) mass is 609 g/mol. The molecule has 2 heterocycles. The van der Waals surface area contributed by atoms with Gasteiger partial charge >= 0.3 is 0 Å². The Bertz CT molecular complexity index is 2480. The van der Waals surface area contributed by atoms with E-state index in [0.717, 1.165) is 22.0 Å². The molecular formula is C42H31N3S. The second-order valence-electron chi connectivity index (χ2n) is 12.8. The summed E-state index contributed by atoms with van der Waals surface area (Å²) in [6, 6.07) is 48.4. The van der Waals surface area contributed by atoms with Crippen LogP contribution in [0, 0.1) is 6.92 Å². The molecule has 7 aromatic carbocycles. The first-order valence-electron chi connectivity index (χ1n) is 15.8. The van der Waals surface area contributed by atoms with E-state index in [0.29, 0.717) is 0 Å². The summed E-state index contributed by atoms with van der Waals surface area (Å²) in [5, 5.41) is 8.14. The number of nitrogens with zero attached hydrogens (tertiary/aromatic N) is 3. The molecule has 0 radical (unpaired) electrons. The Morgan fingerprint density at radius 1 is 0.565 bits per heavy atom. The van der Waals surface area contributed by atoms with Crippen LogP contribution in [0.1, 0.15) is 30.5 Å². The van der Waals surface area contributed by atoms with E-state index >= 15 is 0 Å². The fraction of sp³-hybridized carbons (Fsp3) is 0.0952. The van der Waals surface area contributed by atoms with Gasteiger partial charge in [-0.25, -0.2) is 4.98 Å². The Morgan fingerprint density at radius 3 is 2.15 bits per heavy atom. The number of hydrogen-bond acceptors (Lipinski definition) is 4. The number of anilines is 3. The summed E-state index contributed by atoms with van der Waals surface area (Å²) in [6.45, 7) is 6.81. The first-order valence-corrected chi connectivity index (χ1v) is 16.5. The summed E-state index contributed by atoms with van der Waals surface area (Å²) < 4.78 is 5.00. The highest BCUT2D eigenvalue weighted by Crippen LogP contribution is 2.53. The SMILES string of the molecule is Cc1ccc2c(-c3nsc(-c4ccc5c(c4)N(c4cccc6ccccc46)c4ccccc4C5(C)C)n3)c3ccccc3cc2c1. The van der Waals surface area contributed by atoms with Gasteiger partial charge in [-0.2, -0.15) is 4.37 Å².